The third-order valence-electron chi connectivity index (χ3n) is 5.00. The van der Waals surface area contributed by atoms with Crippen LogP contribution in [0.4, 0.5) is 4.39 Å². The van der Waals surface area contributed by atoms with Gasteiger partial charge < -0.3 is 15.0 Å². The summed E-state index contributed by atoms with van der Waals surface area (Å²) in [6.07, 6.45) is 1.69. The lowest BCUT2D eigenvalue weighted by molar-refractivity contribution is 0.0660. The second kappa shape index (κ2) is 9.54. The average molecular weight is 398 g/mol. The van der Waals surface area contributed by atoms with Crippen LogP contribution in [-0.2, 0) is 0 Å². The standard InChI is InChI=1S/C23H27FN2O3/c1-16(2)25-22(27)18-6-8-21(9-7-18)29-15-17-10-12-26(13-11-17)23(28)19-4-3-5-20(24)14-19/h3-9,14,16-17H,10-13,15H2,1-2H3,(H,25,27). The number of nitrogens with zero attached hydrogens (tertiary/aromatic N) is 1. The molecule has 2 aromatic carbocycles. The molecule has 29 heavy (non-hydrogen) atoms. The summed E-state index contributed by atoms with van der Waals surface area (Å²) in [7, 11) is 0. The topological polar surface area (TPSA) is 58.6 Å². The molecule has 5 nitrogen and oxygen atoms in total. The van der Waals surface area contributed by atoms with E-state index >= 15 is 0 Å². The number of carbonyl (C=O) groups is 2. The summed E-state index contributed by atoms with van der Waals surface area (Å²) in [6, 6.07) is 13.0. The van der Waals surface area contributed by atoms with E-state index in [1.54, 1.807) is 41.3 Å². The van der Waals surface area contributed by atoms with Gasteiger partial charge in [0.25, 0.3) is 11.8 Å². The van der Waals surface area contributed by atoms with Crippen LogP contribution in [0, 0.1) is 11.7 Å². The smallest absolute Gasteiger partial charge is 0.253 e. The van der Waals surface area contributed by atoms with E-state index in [-0.39, 0.29) is 17.9 Å². The zero-order valence-corrected chi connectivity index (χ0v) is 16.9. The minimum Gasteiger partial charge on any atom is -0.493 e. The highest BCUT2D eigenvalue weighted by molar-refractivity contribution is 5.94. The van der Waals surface area contributed by atoms with E-state index in [1.807, 2.05) is 13.8 Å². The largest absolute Gasteiger partial charge is 0.493 e. The van der Waals surface area contributed by atoms with Crippen LogP contribution >= 0.6 is 0 Å². The normalized spacial score (nSPS) is 14.7. The Morgan fingerprint density at radius 1 is 1.10 bits per heavy atom. The summed E-state index contributed by atoms with van der Waals surface area (Å²) in [5.41, 5.74) is 0.997. The molecule has 6 heteroatoms. The molecule has 0 aromatic heterocycles. The van der Waals surface area contributed by atoms with Gasteiger partial charge in [0.2, 0.25) is 0 Å². The molecular formula is C23H27FN2O3. The molecule has 0 unspecified atom stereocenters. The molecule has 2 aromatic rings. The number of likely N-dealkylation sites (tertiary alicyclic amines) is 1. The summed E-state index contributed by atoms with van der Waals surface area (Å²) in [6.45, 7) is 5.69. The molecule has 2 amide bonds. The predicted molar refractivity (Wildman–Crippen MR) is 110 cm³/mol. The molecule has 0 saturated carbocycles. The maximum absolute atomic E-state index is 13.3. The van der Waals surface area contributed by atoms with Crippen molar-refractivity contribution in [3.63, 3.8) is 0 Å². The Labute approximate surface area is 170 Å². The van der Waals surface area contributed by atoms with Gasteiger partial charge in [0.15, 0.2) is 0 Å². The van der Waals surface area contributed by atoms with Crippen molar-refractivity contribution in [1.29, 1.82) is 0 Å². The molecule has 0 radical (unpaired) electrons. The zero-order chi connectivity index (χ0) is 20.8. The summed E-state index contributed by atoms with van der Waals surface area (Å²) in [5, 5.41) is 2.86. The van der Waals surface area contributed by atoms with E-state index in [9.17, 15) is 14.0 Å². The fraction of sp³-hybridized carbons (Fsp3) is 0.391. The second-order valence-electron chi connectivity index (χ2n) is 7.71. The molecule has 0 atom stereocenters. The van der Waals surface area contributed by atoms with Crippen LogP contribution in [0.25, 0.3) is 0 Å². The number of hydrogen-bond acceptors (Lipinski definition) is 3. The first kappa shape index (κ1) is 20.8. The fourth-order valence-corrected chi connectivity index (χ4v) is 3.37. The third kappa shape index (κ3) is 5.79. The lowest BCUT2D eigenvalue weighted by Gasteiger charge is -2.32. The van der Waals surface area contributed by atoms with E-state index in [1.165, 1.54) is 12.1 Å². The molecule has 154 valence electrons. The lowest BCUT2D eigenvalue weighted by atomic mass is 9.97. The summed E-state index contributed by atoms with van der Waals surface area (Å²) < 4.78 is 19.2. The quantitative estimate of drug-likeness (QED) is 0.803. The fourth-order valence-electron chi connectivity index (χ4n) is 3.37. The third-order valence-corrected chi connectivity index (χ3v) is 5.00. The maximum atomic E-state index is 13.3. The molecule has 0 spiro atoms. The Kier molecular flexibility index (Phi) is 6.86. The summed E-state index contributed by atoms with van der Waals surface area (Å²) in [4.78, 5) is 26.2. The number of amides is 2. The Balaban J connectivity index is 1.45. The van der Waals surface area contributed by atoms with Gasteiger partial charge in [0.05, 0.1) is 6.61 Å². The van der Waals surface area contributed by atoms with Gasteiger partial charge in [-0.25, -0.2) is 4.39 Å². The number of rotatable bonds is 6. The van der Waals surface area contributed by atoms with E-state index < -0.39 is 5.82 Å². The molecule has 0 aliphatic carbocycles. The van der Waals surface area contributed by atoms with Gasteiger partial charge in [-0.15, -0.1) is 0 Å². The molecule has 1 aliphatic heterocycles. The van der Waals surface area contributed by atoms with Crippen LogP contribution < -0.4 is 10.1 Å². The number of piperidine rings is 1. The number of ether oxygens (including phenoxy) is 1. The molecule has 1 aliphatic rings. The van der Waals surface area contributed by atoms with Gasteiger partial charge in [0.1, 0.15) is 11.6 Å². The van der Waals surface area contributed by atoms with Crippen LogP contribution in [0.3, 0.4) is 0 Å². The Bertz CT molecular complexity index is 843. The predicted octanol–water partition coefficient (Wildman–Crippen LogP) is 3.90. The van der Waals surface area contributed by atoms with Gasteiger partial charge in [-0.05, 0) is 75.1 Å². The number of halogens is 1. The first-order valence-electron chi connectivity index (χ1n) is 10.0. The SMILES string of the molecule is CC(C)NC(=O)c1ccc(OCC2CCN(C(=O)c3cccc(F)c3)CC2)cc1. The highest BCUT2D eigenvalue weighted by Gasteiger charge is 2.24. The van der Waals surface area contributed by atoms with Crippen molar-refractivity contribution in [3.8, 4) is 5.75 Å². The van der Waals surface area contributed by atoms with Crippen LogP contribution in [0.5, 0.6) is 5.75 Å². The minimum absolute atomic E-state index is 0.0945. The molecule has 1 saturated heterocycles. The number of hydrogen-bond donors (Lipinski definition) is 1. The van der Waals surface area contributed by atoms with Crippen molar-refractivity contribution < 1.29 is 18.7 Å². The maximum Gasteiger partial charge on any atom is 0.253 e. The monoisotopic (exact) mass is 398 g/mol. The van der Waals surface area contributed by atoms with Gasteiger partial charge in [-0.1, -0.05) is 6.07 Å². The van der Waals surface area contributed by atoms with E-state index in [0.29, 0.717) is 36.7 Å². The Hall–Kier alpha value is -2.89. The van der Waals surface area contributed by atoms with Crippen LogP contribution in [0.2, 0.25) is 0 Å². The molecule has 1 fully saturated rings. The van der Waals surface area contributed by atoms with Crippen molar-refractivity contribution in [2.45, 2.75) is 32.7 Å². The lowest BCUT2D eigenvalue weighted by Crippen LogP contribution is -2.39. The summed E-state index contributed by atoms with van der Waals surface area (Å²) >= 11 is 0. The molecule has 1 N–H and O–H groups in total. The van der Waals surface area contributed by atoms with Gasteiger partial charge in [0, 0.05) is 30.3 Å². The van der Waals surface area contributed by atoms with E-state index in [0.717, 1.165) is 18.6 Å². The van der Waals surface area contributed by atoms with Crippen LogP contribution in [-0.4, -0.2) is 42.5 Å². The van der Waals surface area contributed by atoms with Crippen molar-refractivity contribution in [1.82, 2.24) is 10.2 Å². The molecular weight excluding hydrogens is 371 g/mol. The molecule has 1 heterocycles. The Morgan fingerprint density at radius 3 is 2.41 bits per heavy atom. The van der Waals surface area contributed by atoms with Gasteiger partial charge in [-0.3, -0.25) is 9.59 Å². The van der Waals surface area contributed by atoms with E-state index in [4.69, 9.17) is 4.74 Å². The van der Waals surface area contributed by atoms with Crippen molar-refractivity contribution in [2.24, 2.45) is 5.92 Å². The number of benzene rings is 2. The number of carbonyl (C=O) groups excluding carboxylic acids is 2. The highest BCUT2D eigenvalue weighted by Crippen LogP contribution is 2.21. The van der Waals surface area contributed by atoms with Crippen molar-refractivity contribution in [3.05, 3.63) is 65.5 Å². The van der Waals surface area contributed by atoms with Gasteiger partial charge >= 0.3 is 0 Å². The van der Waals surface area contributed by atoms with E-state index in [2.05, 4.69) is 5.32 Å². The number of nitrogens with one attached hydrogen (secondary N) is 1. The van der Waals surface area contributed by atoms with Crippen molar-refractivity contribution in [2.75, 3.05) is 19.7 Å². The second-order valence-corrected chi connectivity index (χ2v) is 7.71. The highest BCUT2D eigenvalue weighted by atomic mass is 19.1. The minimum atomic E-state index is -0.396. The first-order chi connectivity index (χ1) is 13.9. The zero-order valence-electron chi connectivity index (χ0n) is 16.9. The van der Waals surface area contributed by atoms with Gasteiger partial charge in [-0.2, -0.15) is 0 Å². The average Bonchev–Trinajstić information content (AvgIpc) is 2.72. The van der Waals surface area contributed by atoms with Crippen molar-refractivity contribution >= 4 is 11.8 Å². The summed E-state index contributed by atoms with van der Waals surface area (Å²) in [5.74, 6) is 0.465. The molecule has 0 bridgehead atoms. The Morgan fingerprint density at radius 2 is 1.79 bits per heavy atom. The van der Waals surface area contributed by atoms with Crippen LogP contribution in [0.15, 0.2) is 48.5 Å². The van der Waals surface area contributed by atoms with Crippen LogP contribution in [0.1, 0.15) is 47.4 Å². The molecule has 3 rings (SSSR count). The first-order valence-corrected chi connectivity index (χ1v) is 10.0.